The van der Waals surface area contributed by atoms with Crippen molar-refractivity contribution in [3.05, 3.63) is 22.2 Å². The van der Waals surface area contributed by atoms with Crippen LogP contribution in [0.25, 0.3) is 0 Å². The summed E-state index contributed by atoms with van der Waals surface area (Å²) in [7, 11) is 1.69. The molecule has 0 unspecified atom stereocenters. The summed E-state index contributed by atoms with van der Waals surface area (Å²) in [4.78, 5) is 16.8. The Bertz CT molecular complexity index is 474. The van der Waals surface area contributed by atoms with Gasteiger partial charge in [-0.05, 0) is 24.8 Å². The second-order valence-corrected chi connectivity index (χ2v) is 4.83. The minimum atomic E-state index is -0.413. The fraction of sp³-hybridized carbons (Fsp3) is 0.583. The smallest absolute Gasteiger partial charge is 0.311 e. The summed E-state index contributed by atoms with van der Waals surface area (Å²) in [6.45, 7) is 2.19. The molecule has 20 heavy (non-hydrogen) atoms. The number of hydrazine groups is 1. The predicted molar refractivity (Wildman–Crippen MR) is 75.5 cm³/mol. The number of rotatable bonds is 5. The number of nitro groups is 1. The summed E-state index contributed by atoms with van der Waals surface area (Å²) in [5.74, 6) is 6.62. The Morgan fingerprint density at radius 2 is 2.25 bits per heavy atom. The number of aromatic nitrogens is 1. The van der Waals surface area contributed by atoms with E-state index in [1.54, 1.807) is 7.11 Å². The van der Waals surface area contributed by atoms with Crippen molar-refractivity contribution in [2.45, 2.75) is 12.8 Å². The third kappa shape index (κ3) is 3.14. The van der Waals surface area contributed by atoms with Crippen LogP contribution >= 0.6 is 0 Å². The number of hydrogen-bond donors (Lipinski definition) is 2. The van der Waals surface area contributed by atoms with Crippen molar-refractivity contribution in [3.8, 4) is 0 Å². The lowest BCUT2D eigenvalue weighted by Crippen LogP contribution is -2.36. The Kier molecular flexibility index (Phi) is 4.70. The van der Waals surface area contributed by atoms with Crippen molar-refractivity contribution in [1.82, 2.24) is 4.98 Å². The monoisotopic (exact) mass is 281 g/mol. The number of ether oxygens (including phenoxy) is 1. The molecule has 1 aromatic rings. The summed E-state index contributed by atoms with van der Waals surface area (Å²) in [6.07, 6.45) is 1.87. The van der Waals surface area contributed by atoms with Gasteiger partial charge in [-0.15, -0.1) is 0 Å². The van der Waals surface area contributed by atoms with E-state index in [1.807, 2.05) is 4.90 Å². The summed E-state index contributed by atoms with van der Waals surface area (Å²) in [5, 5.41) is 11.1. The molecule has 1 aliphatic heterocycles. The van der Waals surface area contributed by atoms with Gasteiger partial charge in [0.1, 0.15) is 5.82 Å². The lowest BCUT2D eigenvalue weighted by atomic mass is 9.98. The van der Waals surface area contributed by atoms with E-state index in [2.05, 4.69) is 10.4 Å². The van der Waals surface area contributed by atoms with Crippen LogP contribution < -0.4 is 16.2 Å². The Morgan fingerprint density at radius 3 is 2.80 bits per heavy atom. The zero-order valence-corrected chi connectivity index (χ0v) is 11.4. The van der Waals surface area contributed by atoms with Gasteiger partial charge in [-0.1, -0.05) is 0 Å². The topological polar surface area (TPSA) is 107 Å². The number of hydrogen-bond acceptors (Lipinski definition) is 7. The number of nitrogen functional groups attached to an aromatic ring is 1. The number of piperidine rings is 1. The van der Waals surface area contributed by atoms with E-state index in [0.717, 1.165) is 32.5 Å². The van der Waals surface area contributed by atoms with Crippen LogP contribution in [0.1, 0.15) is 12.8 Å². The second kappa shape index (κ2) is 6.49. The molecule has 3 N–H and O–H groups in total. The summed E-state index contributed by atoms with van der Waals surface area (Å²) in [5.41, 5.74) is 2.43. The molecule has 0 radical (unpaired) electrons. The van der Waals surface area contributed by atoms with Gasteiger partial charge >= 0.3 is 5.69 Å². The predicted octanol–water partition coefficient (Wildman–Crippen LogP) is 1.14. The zero-order valence-electron chi connectivity index (χ0n) is 11.4. The first-order valence-electron chi connectivity index (χ1n) is 6.51. The molecule has 0 atom stereocenters. The fourth-order valence-corrected chi connectivity index (χ4v) is 2.44. The third-order valence-corrected chi connectivity index (χ3v) is 3.52. The first kappa shape index (κ1) is 14.5. The van der Waals surface area contributed by atoms with Crippen molar-refractivity contribution in [2.24, 2.45) is 11.8 Å². The molecule has 2 rings (SSSR count). The van der Waals surface area contributed by atoms with Crippen molar-refractivity contribution in [1.29, 1.82) is 0 Å². The van der Waals surface area contributed by atoms with Gasteiger partial charge in [0, 0.05) is 32.9 Å². The molecule has 8 nitrogen and oxygen atoms in total. The zero-order chi connectivity index (χ0) is 14.5. The number of nitrogens with one attached hydrogen (secondary N) is 1. The standard InChI is InChI=1S/C12H19N5O3/c1-20-8-9-4-6-16(7-5-9)12-10(17(18)19)2-3-11(14-12)15-13/h2-3,9H,4-8,13H2,1H3,(H,14,15). The highest BCUT2D eigenvalue weighted by molar-refractivity contribution is 5.61. The van der Waals surface area contributed by atoms with Crippen molar-refractivity contribution in [2.75, 3.05) is 37.1 Å². The van der Waals surface area contributed by atoms with Gasteiger partial charge in [0.2, 0.25) is 5.82 Å². The quantitative estimate of drug-likeness (QED) is 0.473. The van der Waals surface area contributed by atoms with E-state index in [0.29, 0.717) is 17.6 Å². The molecule has 0 aliphatic carbocycles. The fourth-order valence-electron chi connectivity index (χ4n) is 2.44. The van der Waals surface area contributed by atoms with Gasteiger partial charge in [0.05, 0.1) is 4.92 Å². The molecule has 0 aromatic carbocycles. The van der Waals surface area contributed by atoms with Crippen molar-refractivity contribution >= 4 is 17.3 Å². The van der Waals surface area contributed by atoms with Gasteiger partial charge in [0.15, 0.2) is 0 Å². The minimum Gasteiger partial charge on any atom is -0.384 e. The van der Waals surface area contributed by atoms with Gasteiger partial charge in [-0.2, -0.15) is 0 Å². The highest BCUT2D eigenvalue weighted by atomic mass is 16.6. The van der Waals surface area contributed by atoms with E-state index in [4.69, 9.17) is 10.6 Å². The molecular formula is C12H19N5O3. The van der Waals surface area contributed by atoms with Crippen LogP contribution in [-0.4, -0.2) is 36.7 Å². The molecule has 0 spiro atoms. The number of pyridine rings is 1. The Hall–Kier alpha value is -1.93. The highest BCUT2D eigenvalue weighted by Gasteiger charge is 2.26. The van der Waals surface area contributed by atoms with Crippen LogP contribution in [0.15, 0.2) is 12.1 Å². The van der Waals surface area contributed by atoms with Gasteiger partial charge in [-0.3, -0.25) is 10.1 Å². The van der Waals surface area contributed by atoms with Crippen LogP contribution in [-0.2, 0) is 4.74 Å². The molecule has 1 fully saturated rings. The van der Waals surface area contributed by atoms with E-state index in [-0.39, 0.29) is 5.69 Å². The summed E-state index contributed by atoms with van der Waals surface area (Å²) >= 11 is 0. The van der Waals surface area contributed by atoms with Crippen molar-refractivity contribution in [3.63, 3.8) is 0 Å². The van der Waals surface area contributed by atoms with Crippen molar-refractivity contribution < 1.29 is 9.66 Å². The number of methoxy groups -OCH3 is 1. The molecule has 8 heteroatoms. The molecule has 110 valence electrons. The molecule has 0 amide bonds. The third-order valence-electron chi connectivity index (χ3n) is 3.52. The minimum absolute atomic E-state index is 0.00851. The van der Waals surface area contributed by atoms with E-state index < -0.39 is 4.92 Å². The van der Waals surface area contributed by atoms with Crippen LogP contribution in [0, 0.1) is 16.0 Å². The largest absolute Gasteiger partial charge is 0.384 e. The second-order valence-electron chi connectivity index (χ2n) is 4.83. The lowest BCUT2D eigenvalue weighted by molar-refractivity contribution is -0.384. The Morgan fingerprint density at radius 1 is 1.55 bits per heavy atom. The average Bonchev–Trinajstić information content (AvgIpc) is 2.47. The average molecular weight is 281 g/mol. The maximum atomic E-state index is 11.1. The molecule has 1 saturated heterocycles. The maximum absolute atomic E-state index is 11.1. The van der Waals surface area contributed by atoms with Crippen LogP contribution in [0.5, 0.6) is 0 Å². The van der Waals surface area contributed by atoms with Gasteiger partial charge in [-0.25, -0.2) is 10.8 Å². The number of anilines is 2. The molecular weight excluding hydrogens is 262 g/mol. The van der Waals surface area contributed by atoms with Crippen LogP contribution in [0.4, 0.5) is 17.3 Å². The normalized spacial score (nSPS) is 16.2. The van der Waals surface area contributed by atoms with E-state index >= 15 is 0 Å². The lowest BCUT2D eigenvalue weighted by Gasteiger charge is -2.32. The van der Waals surface area contributed by atoms with Gasteiger partial charge < -0.3 is 15.1 Å². The Labute approximate surface area is 117 Å². The van der Waals surface area contributed by atoms with Crippen LogP contribution in [0.3, 0.4) is 0 Å². The first-order chi connectivity index (χ1) is 9.65. The SMILES string of the molecule is COCC1CCN(c2nc(NN)ccc2[N+](=O)[O-])CC1. The van der Waals surface area contributed by atoms with E-state index in [9.17, 15) is 10.1 Å². The highest BCUT2D eigenvalue weighted by Crippen LogP contribution is 2.30. The summed E-state index contributed by atoms with van der Waals surface area (Å²) < 4.78 is 5.15. The molecule has 0 bridgehead atoms. The van der Waals surface area contributed by atoms with Gasteiger partial charge in [0.25, 0.3) is 0 Å². The molecule has 0 saturated carbocycles. The first-order valence-corrected chi connectivity index (χ1v) is 6.51. The number of nitrogens with zero attached hydrogens (tertiary/aromatic N) is 3. The van der Waals surface area contributed by atoms with E-state index in [1.165, 1.54) is 12.1 Å². The molecule has 1 aromatic heterocycles. The Balaban J connectivity index is 2.17. The molecule has 2 heterocycles. The number of nitrogens with two attached hydrogens (primary N) is 1. The molecule has 1 aliphatic rings. The maximum Gasteiger partial charge on any atom is 0.311 e. The van der Waals surface area contributed by atoms with Crippen LogP contribution in [0.2, 0.25) is 0 Å². The summed E-state index contributed by atoms with van der Waals surface area (Å²) in [6, 6.07) is 2.93.